The van der Waals surface area contributed by atoms with Gasteiger partial charge in [-0.05, 0) is 17.7 Å². The molecular weight excluding hydrogens is 320 g/mol. The molecule has 2 heterocycles. The van der Waals surface area contributed by atoms with Crippen LogP contribution in [-0.4, -0.2) is 38.8 Å². The number of nitrogens with zero attached hydrogens (tertiary/aromatic N) is 3. The number of hydrogen-bond donors (Lipinski definition) is 3. The summed E-state index contributed by atoms with van der Waals surface area (Å²) < 4.78 is 5.46. The molecule has 0 radical (unpaired) electrons. The summed E-state index contributed by atoms with van der Waals surface area (Å²) in [7, 11) is 0. The fourth-order valence-corrected chi connectivity index (χ4v) is 1.94. The Labute approximate surface area is 138 Å². The van der Waals surface area contributed by atoms with Crippen LogP contribution in [0, 0.1) is 0 Å². The van der Waals surface area contributed by atoms with E-state index in [9.17, 15) is 0 Å². The van der Waals surface area contributed by atoms with Crippen molar-refractivity contribution in [2.24, 2.45) is 0 Å². The van der Waals surface area contributed by atoms with E-state index in [-0.39, 0.29) is 5.23 Å². The van der Waals surface area contributed by atoms with Crippen molar-refractivity contribution in [1.82, 2.24) is 20.5 Å². The maximum absolute atomic E-state index is 8.97. The molecule has 0 fully saturated rings. The van der Waals surface area contributed by atoms with E-state index < -0.39 is 0 Å². The zero-order valence-corrected chi connectivity index (χ0v) is 13.0. The lowest BCUT2D eigenvalue weighted by Crippen LogP contribution is -2.24. The quantitative estimate of drug-likeness (QED) is 0.387. The predicted molar refractivity (Wildman–Crippen MR) is 84.2 cm³/mol. The van der Waals surface area contributed by atoms with Crippen molar-refractivity contribution in [3.8, 4) is 5.88 Å². The van der Waals surface area contributed by atoms with Crippen molar-refractivity contribution in [3.05, 3.63) is 65.3 Å². The molecule has 2 rings (SSSR count). The average molecular weight is 337 g/mol. The molecule has 0 aliphatic carbocycles. The van der Waals surface area contributed by atoms with E-state index in [4.69, 9.17) is 26.8 Å². The van der Waals surface area contributed by atoms with Gasteiger partial charge in [-0.1, -0.05) is 23.7 Å². The minimum absolute atomic E-state index is 0.00525. The van der Waals surface area contributed by atoms with Gasteiger partial charge in [0.15, 0.2) is 0 Å². The molecule has 0 spiro atoms. The van der Waals surface area contributed by atoms with Crippen molar-refractivity contribution in [3.63, 3.8) is 0 Å². The molecular formula is C15H17ClN4O3. The minimum Gasteiger partial charge on any atom is -0.476 e. The largest absolute Gasteiger partial charge is 0.476 e. The van der Waals surface area contributed by atoms with Crippen LogP contribution >= 0.6 is 11.6 Å². The molecule has 0 aliphatic heterocycles. The summed E-state index contributed by atoms with van der Waals surface area (Å²) in [6.07, 6.45) is 4.87. The molecule has 2 aromatic rings. The van der Waals surface area contributed by atoms with Gasteiger partial charge in [-0.3, -0.25) is 10.4 Å². The predicted octanol–water partition coefficient (Wildman–Crippen LogP) is 2.26. The van der Waals surface area contributed by atoms with Crippen molar-refractivity contribution < 1.29 is 15.2 Å². The smallest absolute Gasteiger partial charge is 0.213 e. The molecule has 7 nitrogen and oxygen atoms in total. The third kappa shape index (κ3) is 6.52. The normalized spacial score (nSPS) is 11.2. The van der Waals surface area contributed by atoms with Gasteiger partial charge in [0.25, 0.3) is 0 Å². The van der Waals surface area contributed by atoms with Crippen molar-refractivity contribution in [1.29, 1.82) is 0 Å². The highest BCUT2D eigenvalue weighted by Gasteiger charge is 2.03. The van der Waals surface area contributed by atoms with Gasteiger partial charge in [0.2, 0.25) is 5.88 Å². The standard InChI is InChI=1S/C15H17ClN4O3/c16-14-5-4-12(10-19-14)9-13(11-20(21)22)17-7-8-23-15-3-1-2-6-18-15/h1-6,10-11,17,21-22H,7-9H2/b13-11-. The number of ether oxygens (including phenoxy) is 1. The van der Waals surface area contributed by atoms with Crippen molar-refractivity contribution >= 4 is 11.6 Å². The van der Waals surface area contributed by atoms with Crippen LogP contribution in [0.15, 0.2) is 54.6 Å². The number of hydroxylamine groups is 2. The van der Waals surface area contributed by atoms with E-state index in [1.807, 2.05) is 18.2 Å². The lowest BCUT2D eigenvalue weighted by atomic mass is 10.1. The van der Waals surface area contributed by atoms with E-state index in [0.717, 1.165) is 11.8 Å². The minimum atomic E-state index is 0.00525. The second-order valence-corrected chi connectivity index (χ2v) is 4.97. The number of rotatable bonds is 8. The van der Waals surface area contributed by atoms with E-state index in [2.05, 4.69) is 15.3 Å². The second-order valence-electron chi connectivity index (χ2n) is 4.58. The van der Waals surface area contributed by atoms with Crippen LogP contribution in [0.25, 0.3) is 0 Å². The fourth-order valence-electron chi connectivity index (χ4n) is 1.82. The van der Waals surface area contributed by atoms with E-state index in [1.165, 1.54) is 0 Å². The van der Waals surface area contributed by atoms with Gasteiger partial charge in [-0.25, -0.2) is 9.97 Å². The lowest BCUT2D eigenvalue weighted by Gasteiger charge is -2.13. The van der Waals surface area contributed by atoms with Crippen molar-refractivity contribution in [2.75, 3.05) is 13.2 Å². The lowest BCUT2D eigenvalue weighted by molar-refractivity contribution is -0.268. The Morgan fingerprint density at radius 1 is 1.26 bits per heavy atom. The Kier molecular flexibility index (Phi) is 6.61. The summed E-state index contributed by atoms with van der Waals surface area (Å²) in [6, 6.07) is 8.90. The third-order valence-corrected chi connectivity index (χ3v) is 3.02. The highest BCUT2D eigenvalue weighted by atomic mass is 35.5. The van der Waals surface area contributed by atoms with Gasteiger partial charge in [-0.15, -0.1) is 5.23 Å². The molecule has 0 amide bonds. The summed E-state index contributed by atoms with van der Waals surface area (Å²) in [5.41, 5.74) is 1.46. The Bertz CT molecular complexity index is 620. The SMILES string of the molecule is ON(O)/C=C(/Cc1ccc(Cl)nc1)NCCOc1ccccn1. The van der Waals surface area contributed by atoms with Gasteiger partial charge in [0, 0.05) is 37.1 Å². The molecule has 23 heavy (non-hydrogen) atoms. The van der Waals surface area contributed by atoms with Gasteiger partial charge in [0.05, 0.1) is 6.20 Å². The van der Waals surface area contributed by atoms with Gasteiger partial charge in [0.1, 0.15) is 11.8 Å². The fraction of sp³-hybridized carbons (Fsp3) is 0.200. The number of allylic oxidation sites excluding steroid dienone is 1. The summed E-state index contributed by atoms with van der Waals surface area (Å²) in [5, 5.41) is 21.4. The number of halogens is 1. The number of aromatic nitrogens is 2. The molecule has 0 saturated carbocycles. The highest BCUT2D eigenvalue weighted by Crippen LogP contribution is 2.09. The van der Waals surface area contributed by atoms with Gasteiger partial charge < -0.3 is 10.1 Å². The second kappa shape index (κ2) is 8.94. The molecule has 8 heteroatoms. The number of nitrogens with one attached hydrogen (secondary N) is 1. The monoisotopic (exact) mass is 336 g/mol. The summed E-state index contributed by atoms with van der Waals surface area (Å²) in [6.45, 7) is 0.849. The Morgan fingerprint density at radius 3 is 2.78 bits per heavy atom. The Hall–Kier alpha value is -2.35. The molecule has 0 bridgehead atoms. The summed E-state index contributed by atoms with van der Waals surface area (Å²) in [5.74, 6) is 0.535. The van der Waals surface area contributed by atoms with Crippen LogP contribution in [0.1, 0.15) is 5.56 Å². The van der Waals surface area contributed by atoms with Crippen LogP contribution in [0.2, 0.25) is 5.15 Å². The van der Waals surface area contributed by atoms with Gasteiger partial charge >= 0.3 is 0 Å². The van der Waals surface area contributed by atoms with Gasteiger partial charge in [-0.2, -0.15) is 0 Å². The Morgan fingerprint density at radius 2 is 2.13 bits per heavy atom. The van der Waals surface area contributed by atoms with E-state index >= 15 is 0 Å². The number of hydrogen-bond acceptors (Lipinski definition) is 7. The number of pyridine rings is 2. The van der Waals surface area contributed by atoms with Crippen LogP contribution < -0.4 is 10.1 Å². The zero-order valence-electron chi connectivity index (χ0n) is 12.3. The molecule has 0 saturated heterocycles. The van der Waals surface area contributed by atoms with Crippen LogP contribution in [0.3, 0.4) is 0 Å². The first-order chi connectivity index (χ1) is 11.1. The summed E-state index contributed by atoms with van der Waals surface area (Å²) in [4.78, 5) is 8.03. The molecule has 122 valence electrons. The first kappa shape index (κ1) is 17.0. The maximum Gasteiger partial charge on any atom is 0.213 e. The van der Waals surface area contributed by atoms with Crippen molar-refractivity contribution in [2.45, 2.75) is 6.42 Å². The molecule has 2 aromatic heterocycles. The van der Waals surface area contributed by atoms with Crippen LogP contribution in [0.4, 0.5) is 0 Å². The van der Waals surface area contributed by atoms with E-state index in [0.29, 0.717) is 36.3 Å². The first-order valence-corrected chi connectivity index (χ1v) is 7.27. The molecule has 0 unspecified atom stereocenters. The molecule has 0 aromatic carbocycles. The van der Waals surface area contributed by atoms with Crippen LogP contribution in [-0.2, 0) is 6.42 Å². The van der Waals surface area contributed by atoms with Crippen LogP contribution in [0.5, 0.6) is 5.88 Å². The molecule has 0 aliphatic rings. The molecule has 3 N–H and O–H groups in total. The highest BCUT2D eigenvalue weighted by molar-refractivity contribution is 6.29. The zero-order chi connectivity index (χ0) is 16.5. The Balaban J connectivity index is 1.85. The topological polar surface area (TPSA) is 90.7 Å². The average Bonchev–Trinajstić information content (AvgIpc) is 2.54. The third-order valence-electron chi connectivity index (χ3n) is 2.80. The summed E-state index contributed by atoms with van der Waals surface area (Å²) >= 11 is 5.74. The maximum atomic E-state index is 8.97. The first-order valence-electron chi connectivity index (χ1n) is 6.89. The van der Waals surface area contributed by atoms with E-state index in [1.54, 1.807) is 24.5 Å². The molecule has 0 atom stereocenters.